The van der Waals surface area contributed by atoms with E-state index in [4.69, 9.17) is 9.40 Å². The van der Waals surface area contributed by atoms with E-state index in [0.29, 0.717) is 0 Å². The summed E-state index contributed by atoms with van der Waals surface area (Å²) in [7, 11) is 0. The van der Waals surface area contributed by atoms with Crippen molar-refractivity contribution in [2.24, 2.45) is 0 Å². The van der Waals surface area contributed by atoms with Gasteiger partial charge in [-0.2, -0.15) is 0 Å². The number of halogens is 1. The molecule has 0 radical (unpaired) electrons. The molecule has 0 bridgehead atoms. The Morgan fingerprint density at radius 2 is 1.53 bits per heavy atom. The van der Waals surface area contributed by atoms with Crippen molar-refractivity contribution < 1.29 is 4.42 Å². The van der Waals surface area contributed by atoms with Gasteiger partial charge in [-0.05, 0) is 48.5 Å². The first-order valence-corrected chi connectivity index (χ1v) is 10.6. The highest BCUT2D eigenvalue weighted by Crippen LogP contribution is 2.34. The van der Waals surface area contributed by atoms with Crippen LogP contribution in [0.25, 0.3) is 55.5 Å². The van der Waals surface area contributed by atoms with Crippen molar-refractivity contribution in [1.82, 2.24) is 14.0 Å². The number of nitrogens with zero attached hydrogens (tertiary/aromatic N) is 3. The van der Waals surface area contributed by atoms with E-state index in [0.717, 1.165) is 59.9 Å². The monoisotopic (exact) mass is 451 g/mol. The maximum absolute atomic E-state index is 6.15. The highest BCUT2D eigenvalue weighted by atomic mass is 79.9. The van der Waals surface area contributed by atoms with E-state index in [2.05, 4.69) is 85.6 Å². The van der Waals surface area contributed by atoms with Gasteiger partial charge in [0.1, 0.15) is 11.2 Å². The molecule has 0 fully saturated rings. The van der Waals surface area contributed by atoms with E-state index in [1.165, 1.54) is 0 Å². The van der Waals surface area contributed by atoms with Crippen molar-refractivity contribution in [3.8, 4) is 5.69 Å². The maximum Gasteiger partial charge on any atom is 0.220 e. The van der Waals surface area contributed by atoms with Gasteiger partial charge in [-0.3, -0.25) is 8.97 Å². The lowest BCUT2D eigenvalue weighted by molar-refractivity contribution is 0.668. The van der Waals surface area contributed by atoms with Gasteiger partial charge in [0.15, 0.2) is 0 Å². The zero-order valence-corrected chi connectivity index (χ0v) is 17.3. The third-order valence-electron chi connectivity index (χ3n) is 5.78. The molecule has 3 aromatic heterocycles. The summed E-state index contributed by atoms with van der Waals surface area (Å²) in [6, 6.07) is 29.1. The zero-order valence-electron chi connectivity index (χ0n) is 15.7. The summed E-state index contributed by atoms with van der Waals surface area (Å²) in [5.41, 5.74) is 7.09. The fraction of sp³-hybridized carbons (Fsp3) is 0. The fourth-order valence-corrected chi connectivity index (χ4v) is 4.83. The van der Waals surface area contributed by atoms with Gasteiger partial charge in [0.2, 0.25) is 5.78 Å². The second-order valence-electron chi connectivity index (χ2n) is 7.48. The summed E-state index contributed by atoms with van der Waals surface area (Å²) in [6.45, 7) is 0. The van der Waals surface area contributed by atoms with Gasteiger partial charge < -0.3 is 4.42 Å². The van der Waals surface area contributed by atoms with Crippen LogP contribution in [0.1, 0.15) is 0 Å². The first kappa shape index (κ1) is 16.3. The maximum atomic E-state index is 6.15. The van der Waals surface area contributed by atoms with Gasteiger partial charge in [-0.15, -0.1) is 0 Å². The van der Waals surface area contributed by atoms with Crippen molar-refractivity contribution >= 4 is 65.7 Å². The third kappa shape index (κ3) is 2.07. The predicted octanol–water partition coefficient (Wildman–Crippen LogP) is 7.09. The highest BCUT2D eigenvalue weighted by Gasteiger charge is 2.18. The molecule has 7 aromatic rings. The highest BCUT2D eigenvalue weighted by molar-refractivity contribution is 9.10. The molecule has 0 spiro atoms. The van der Waals surface area contributed by atoms with Crippen LogP contribution in [0.5, 0.6) is 0 Å². The number of imidazole rings is 2. The molecule has 0 aliphatic heterocycles. The Kier molecular flexibility index (Phi) is 3.11. The lowest BCUT2D eigenvalue weighted by atomic mass is 10.1. The number of para-hydroxylation sites is 3. The minimum absolute atomic E-state index is 0.877. The predicted molar refractivity (Wildman–Crippen MR) is 125 cm³/mol. The van der Waals surface area contributed by atoms with E-state index in [-0.39, 0.29) is 0 Å². The number of hydrogen-bond acceptors (Lipinski definition) is 2. The molecular formula is C25H14BrN3O. The zero-order chi connectivity index (χ0) is 19.8. The Balaban J connectivity index is 1.63. The summed E-state index contributed by atoms with van der Waals surface area (Å²) in [5.74, 6) is 0.889. The van der Waals surface area contributed by atoms with Crippen molar-refractivity contribution in [2.75, 3.05) is 0 Å². The molecule has 142 valence electrons. The molecule has 0 atom stereocenters. The molecule has 0 aliphatic carbocycles. The van der Waals surface area contributed by atoms with Crippen molar-refractivity contribution in [3.05, 3.63) is 89.4 Å². The van der Waals surface area contributed by atoms with Crippen LogP contribution in [0, 0.1) is 0 Å². The number of hydrogen-bond donors (Lipinski definition) is 0. The molecule has 0 amide bonds. The molecule has 7 rings (SSSR count). The first-order chi connectivity index (χ1) is 14.8. The molecular weight excluding hydrogens is 438 g/mol. The van der Waals surface area contributed by atoms with Crippen LogP contribution in [-0.4, -0.2) is 14.0 Å². The summed E-state index contributed by atoms with van der Waals surface area (Å²) in [6.07, 6.45) is 0. The Morgan fingerprint density at radius 1 is 0.700 bits per heavy atom. The largest absolute Gasteiger partial charge is 0.456 e. The molecule has 30 heavy (non-hydrogen) atoms. The summed E-state index contributed by atoms with van der Waals surface area (Å²) < 4.78 is 11.6. The van der Waals surface area contributed by atoms with E-state index in [9.17, 15) is 0 Å². The summed E-state index contributed by atoms with van der Waals surface area (Å²) in [4.78, 5) is 4.96. The average Bonchev–Trinajstić information content (AvgIpc) is 3.41. The quantitative estimate of drug-likeness (QED) is 0.267. The molecule has 0 aliphatic rings. The lowest BCUT2D eigenvalue weighted by Crippen LogP contribution is -1.94. The second kappa shape index (κ2) is 5.74. The molecule has 0 saturated heterocycles. The van der Waals surface area contributed by atoms with E-state index >= 15 is 0 Å². The average molecular weight is 452 g/mol. The normalized spacial score (nSPS) is 12.2. The van der Waals surface area contributed by atoms with Gasteiger partial charge in [-0.25, -0.2) is 4.98 Å². The third-order valence-corrected chi connectivity index (χ3v) is 6.28. The van der Waals surface area contributed by atoms with Crippen molar-refractivity contribution in [2.45, 2.75) is 0 Å². The molecule has 5 heteroatoms. The summed E-state index contributed by atoms with van der Waals surface area (Å²) >= 11 is 3.63. The van der Waals surface area contributed by atoms with Gasteiger partial charge in [0.05, 0.1) is 27.8 Å². The Morgan fingerprint density at radius 3 is 2.50 bits per heavy atom. The molecule has 4 aromatic carbocycles. The summed E-state index contributed by atoms with van der Waals surface area (Å²) in [5, 5.41) is 2.26. The SMILES string of the molecule is Brc1ccc2c(c1)n1c3ccccc3nc1n2-c1ccc2c(c1)oc1ccccc12. The van der Waals surface area contributed by atoms with Crippen LogP contribution in [0.2, 0.25) is 0 Å². The number of rotatable bonds is 1. The van der Waals surface area contributed by atoms with Gasteiger partial charge in [0, 0.05) is 21.3 Å². The van der Waals surface area contributed by atoms with Gasteiger partial charge in [-0.1, -0.05) is 46.3 Å². The smallest absolute Gasteiger partial charge is 0.220 e. The Bertz CT molecular complexity index is 1770. The second-order valence-corrected chi connectivity index (χ2v) is 8.40. The van der Waals surface area contributed by atoms with Crippen molar-refractivity contribution in [3.63, 3.8) is 0 Å². The molecule has 0 unspecified atom stereocenters. The van der Waals surface area contributed by atoms with Crippen LogP contribution >= 0.6 is 15.9 Å². The Labute approximate surface area is 179 Å². The van der Waals surface area contributed by atoms with Crippen LogP contribution in [-0.2, 0) is 0 Å². The lowest BCUT2D eigenvalue weighted by Gasteiger charge is -2.05. The minimum atomic E-state index is 0.877. The fourth-order valence-electron chi connectivity index (χ4n) is 4.48. The standard InChI is InChI=1S/C25H14BrN3O/c26-15-9-12-21-22(13-15)29-20-7-3-2-6-19(20)27-25(29)28(21)16-10-11-18-17-5-1-4-8-23(17)30-24(18)14-16/h1-14H. The number of furan rings is 1. The molecule has 3 heterocycles. The van der Waals surface area contributed by atoms with Crippen LogP contribution in [0.3, 0.4) is 0 Å². The molecule has 0 N–H and O–H groups in total. The van der Waals surface area contributed by atoms with Crippen LogP contribution in [0.4, 0.5) is 0 Å². The molecule has 4 nitrogen and oxygen atoms in total. The van der Waals surface area contributed by atoms with Crippen LogP contribution in [0.15, 0.2) is 93.8 Å². The van der Waals surface area contributed by atoms with Crippen molar-refractivity contribution in [1.29, 1.82) is 0 Å². The molecule has 0 saturated carbocycles. The Hall–Kier alpha value is -3.57. The topological polar surface area (TPSA) is 35.4 Å². The number of benzene rings is 4. The van der Waals surface area contributed by atoms with E-state index in [1.54, 1.807) is 0 Å². The van der Waals surface area contributed by atoms with E-state index < -0.39 is 0 Å². The number of aromatic nitrogens is 3. The minimum Gasteiger partial charge on any atom is -0.456 e. The first-order valence-electron chi connectivity index (χ1n) is 9.77. The van der Waals surface area contributed by atoms with Crippen LogP contribution < -0.4 is 0 Å². The van der Waals surface area contributed by atoms with Gasteiger partial charge >= 0.3 is 0 Å². The number of fused-ring (bicyclic) bond motifs is 8. The van der Waals surface area contributed by atoms with E-state index in [1.807, 2.05) is 24.3 Å². The van der Waals surface area contributed by atoms with Gasteiger partial charge in [0.25, 0.3) is 0 Å².